The number of carbonyl (C=O) groups is 3. The van der Waals surface area contributed by atoms with E-state index in [4.69, 9.17) is 16.3 Å². The first kappa shape index (κ1) is 23.3. The molecule has 0 radical (unpaired) electrons. The van der Waals surface area contributed by atoms with Gasteiger partial charge in [0.2, 0.25) is 0 Å². The van der Waals surface area contributed by atoms with Gasteiger partial charge in [0.25, 0.3) is 11.8 Å². The van der Waals surface area contributed by atoms with E-state index in [1.807, 2.05) is 45.0 Å². The number of anilines is 2. The van der Waals surface area contributed by atoms with Gasteiger partial charge >= 0.3 is 5.97 Å². The van der Waals surface area contributed by atoms with Gasteiger partial charge in [-0.05, 0) is 85.5 Å². The van der Waals surface area contributed by atoms with Crippen LogP contribution in [0, 0.1) is 13.8 Å². The molecule has 0 bridgehead atoms. The molecule has 0 spiro atoms. The van der Waals surface area contributed by atoms with Crippen molar-refractivity contribution in [2.24, 2.45) is 0 Å². The van der Waals surface area contributed by atoms with Gasteiger partial charge < -0.3 is 10.1 Å². The van der Waals surface area contributed by atoms with E-state index in [0.29, 0.717) is 22.7 Å². The maximum Gasteiger partial charge on any atom is 0.343 e. The molecule has 1 aliphatic heterocycles. The highest BCUT2D eigenvalue weighted by molar-refractivity contribution is 6.53. The Morgan fingerprint density at radius 1 is 0.912 bits per heavy atom. The highest BCUT2D eigenvalue weighted by atomic mass is 35.5. The second-order valence-corrected chi connectivity index (χ2v) is 8.37. The van der Waals surface area contributed by atoms with Crippen molar-refractivity contribution in [2.75, 3.05) is 10.2 Å². The van der Waals surface area contributed by atoms with Crippen molar-refractivity contribution in [3.8, 4) is 5.75 Å². The van der Waals surface area contributed by atoms with Crippen molar-refractivity contribution in [1.29, 1.82) is 0 Å². The van der Waals surface area contributed by atoms with Gasteiger partial charge in [0.05, 0.1) is 11.3 Å². The van der Waals surface area contributed by atoms with E-state index in [-0.39, 0.29) is 10.7 Å². The third-order valence-corrected chi connectivity index (χ3v) is 6.06. The highest BCUT2D eigenvalue weighted by Gasteiger charge is 2.38. The molecule has 0 unspecified atom stereocenters. The zero-order chi connectivity index (χ0) is 24.4. The number of rotatable bonds is 6. The first-order valence-electron chi connectivity index (χ1n) is 10.8. The second-order valence-electron chi connectivity index (χ2n) is 7.99. The van der Waals surface area contributed by atoms with Crippen LogP contribution in [-0.2, 0) is 16.0 Å². The summed E-state index contributed by atoms with van der Waals surface area (Å²) < 4.78 is 5.44. The number of esters is 1. The van der Waals surface area contributed by atoms with Crippen LogP contribution in [0.5, 0.6) is 5.75 Å². The first-order valence-corrected chi connectivity index (χ1v) is 11.2. The fourth-order valence-corrected chi connectivity index (χ4v) is 3.72. The maximum absolute atomic E-state index is 12.9. The van der Waals surface area contributed by atoms with E-state index in [0.717, 1.165) is 28.0 Å². The van der Waals surface area contributed by atoms with Gasteiger partial charge in [-0.1, -0.05) is 36.7 Å². The molecule has 6 nitrogen and oxygen atoms in total. The van der Waals surface area contributed by atoms with Crippen molar-refractivity contribution >= 4 is 40.8 Å². The number of benzene rings is 3. The Labute approximate surface area is 202 Å². The molecule has 0 saturated heterocycles. The number of aryl methyl sites for hydroxylation is 3. The van der Waals surface area contributed by atoms with Crippen LogP contribution in [0.2, 0.25) is 0 Å². The molecule has 34 heavy (non-hydrogen) atoms. The number of nitrogens with zero attached hydrogens (tertiary/aromatic N) is 1. The summed E-state index contributed by atoms with van der Waals surface area (Å²) in [5, 5.41) is 2.71. The quantitative estimate of drug-likeness (QED) is 0.289. The molecule has 1 aliphatic rings. The normalized spacial score (nSPS) is 13.5. The Kier molecular flexibility index (Phi) is 6.52. The standard InChI is InChI=1S/C27H23ClN2O4/c1-4-18-6-12-21(13-7-18)30-25(31)23(28)24(26(30)32)29-20-10-8-19(9-11-20)27(33)34-22-14-5-16(2)17(3)15-22/h5-15,29H,4H2,1-3H3. The van der Waals surface area contributed by atoms with E-state index in [2.05, 4.69) is 5.32 Å². The van der Waals surface area contributed by atoms with Gasteiger partial charge in [-0.3, -0.25) is 9.59 Å². The number of imide groups is 1. The molecule has 172 valence electrons. The highest BCUT2D eigenvalue weighted by Crippen LogP contribution is 2.30. The number of carbonyl (C=O) groups excluding carboxylic acids is 3. The average molecular weight is 475 g/mol. The maximum atomic E-state index is 12.9. The lowest BCUT2D eigenvalue weighted by Gasteiger charge is -2.15. The van der Waals surface area contributed by atoms with Crippen LogP contribution >= 0.6 is 11.6 Å². The molecular weight excluding hydrogens is 452 g/mol. The van der Waals surface area contributed by atoms with E-state index in [1.54, 1.807) is 42.5 Å². The second kappa shape index (κ2) is 9.53. The first-order chi connectivity index (χ1) is 16.3. The van der Waals surface area contributed by atoms with E-state index in [9.17, 15) is 14.4 Å². The Bertz CT molecular complexity index is 1310. The van der Waals surface area contributed by atoms with Crippen molar-refractivity contribution < 1.29 is 19.1 Å². The van der Waals surface area contributed by atoms with Crippen molar-refractivity contribution in [3.05, 3.63) is 99.7 Å². The molecule has 0 saturated carbocycles. The van der Waals surface area contributed by atoms with Crippen molar-refractivity contribution in [2.45, 2.75) is 27.2 Å². The lowest BCUT2D eigenvalue weighted by atomic mass is 10.1. The van der Waals surface area contributed by atoms with Crippen LogP contribution in [0.4, 0.5) is 11.4 Å². The summed E-state index contributed by atoms with van der Waals surface area (Å²) in [4.78, 5) is 39.1. The molecule has 4 rings (SSSR count). The smallest absolute Gasteiger partial charge is 0.343 e. The van der Waals surface area contributed by atoms with Crippen LogP contribution in [0.25, 0.3) is 0 Å². The number of hydrogen-bond acceptors (Lipinski definition) is 5. The number of nitrogens with one attached hydrogen (secondary N) is 1. The topological polar surface area (TPSA) is 75.7 Å². The summed E-state index contributed by atoms with van der Waals surface area (Å²) in [5.41, 5.74) is 4.51. The zero-order valence-corrected chi connectivity index (χ0v) is 19.8. The van der Waals surface area contributed by atoms with E-state index >= 15 is 0 Å². The monoisotopic (exact) mass is 474 g/mol. The molecule has 0 aliphatic carbocycles. The van der Waals surface area contributed by atoms with E-state index in [1.165, 1.54) is 0 Å². The largest absolute Gasteiger partial charge is 0.423 e. The number of amides is 2. The van der Waals surface area contributed by atoms with Crippen molar-refractivity contribution in [3.63, 3.8) is 0 Å². The third kappa shape index (κ3) is 4.58. The minimum Gasteiger partial charge on any atom is -0.423 e. The van der Waals surface area contributed by atoms with Crippen LogP contribution in [0.1, 0.15) is 34.0 Å². The predicted molar refractivity (Wildman–Crippen MR) is 132 cm³/mol. The Morgan fingerprint density at radius 2 is 1.59 bits per heavy atom. The third-order valence-electron chi connectivity index (χ3n) is 5.71. The summed E-state index contributed by atoms with van der Waals surface area (Å²) in [6.07, 6.45) is 0.849. The molecule has 3 aromatic carbocycles. The average Bonchev–Trinajstić information content (AvgIpc) is 3.05. The van der Waals surface area contributed by atoms with Crippen LogP contribution in [0.15, 0.2) is 77.5 Å². The zero-order valence-electron chi connectivity index (χ0n) is 19.0. The molecule has 0 fully saturated rings. The fourth-order valence-electron chi connectivity index (χ4n) is 3.50. The Balaban J connectivity index is 1.47. The van der Waals surface area contributed by atoms with Crippen LogP contribution in [-0.4, -0.2) is 17.8 Å². The summed E-state index contributed by atoms with van der Waals surface area (Å²) in [6, 6.07) is 19.0. The van der Waals surface area contributed by atoms with Gasteiger partial charge in [-0.15, -0.1) is 0 Å². The fraction of sp³-hybridized carbons (Fsp3) is 0.148. The lowest BCUT2D eigenvalue weighted by molar-refractivity contribution is -0.120. The molecule has 1 N–H and O–H groups in total. The molecule has 2 amide bonds. The molecule has 3 aromatic rings. The van der Waals surface area contributed by atoms with Crippen molar-refractivity contribution in [1.82, 2.24) is 0 Å². The van der Waals surface area contributed by atoms with Crippen LogP contribution in [0.3, 0.4) is 0 Å². The van der Waals surface area contributed by atoms with Gasteiger partial charge in [0.1, 0.15) is 16.5 Å². The van der Waals surface area contributed by atoms with Gasteiger partial charge in [0, 0.05) is 5.69 Å². The summed E-state index contributed by atoms with van der Waals surface area (Å²) in [6.45, 7) is 5.96. The molecule has 1 heterocycles. The molecule has 0 aromatic heterocycles. The van der Waals surface area contributed by atoms with Gasteiger partial charge in [0.15, 0.2) is 0 Å². The molecule has 0 atom stereocenters. The molecule has 7 heteroatoms. The Hall–Kier alpha value is -3.90. The van der Waals surface area contributed by atoms with Gasteiger partial charge in [-0.2, -0.15) is 0 Å². The van der Waals surface area contributed by atoms with Crippen LogP contribution < -0.4 is 15.0 Å². The summed E-state index contributed by atoms with van der Waals surface area (Å²) >= 11 is 6.20. The SMILES string of the molecule is CCc1ccc(N2C(=O)C(Cl)=C(Nc3ccc(C(=O)Oc4ccc(C)c(C)c4)cc3)C2=O)cc1. The Morgan fingerprint density at radius 3 is 2.21 bits per heavy atom. The number of hydrogen-bond donors (Lipinski definition) is 1. The van der Waals surface area contributed by atoms with Gasteiger partial charge in [-0.25, -0.2) is 9.69 Å². The minimum atomic E-state index is -0.591. The lowest BCUT2D eigenvalue weighted by Crippen LogP contribution is -2.32. The number of ether oxygens (including phenoxy) is 1. The minimum absolute atomic E-state index is 0.0170. The summed E-state index contributed by atoms with van der Waals surface area (Å²) in [7, 11) is 0. The molecular formula is C27H23ClN2O4. The number of halogens is 1. The predicted octanol–water partition coefficient (Wildman–Crippen LogP) is 5.52. The summed E-state index contributed by atoms with van der Waals surface area (Å²) in [5.74, 6) is -1.17. The van der Waals surface area contributed by atoms with E-state index < -0.39 is 17.8 Å².